The van der Waals surface area contributed by atoms with Gasteiger partial charge in [-0.3, -0.25) is 14.9 Å². The van der Waals surface area contributed by atoms with Gasteiger partial charge in [-0.15, -0.1) is 5.10 Å². The Hall–Kier alpha value is -2.02. The molecule has 1 atom stereocenters. The van der Waals surface area contributed by atoms with E-state index in [9.17, 15) is 9.59 Å². The number of hydrogen-bond acceptors (Lipinski definition) is 6. The zero-order valence-electron chi connectivity index (χ0n) is 12.1. The van der Waals surface area contributed by atoms with Crippen LogP contribution in [0.25, 0.3) is 0 Å². The molecule has 1 aromatic rings. The van der Waals surface area contributed by atoms with Gasteiger partial charge in [0.15, 0.2) is 5.82 Å². The lowest BCUT2D eigenvalue weighted by Crippen LogP contribution is -2.50. The summed E-state index contributed by atoms with van der Waals surface area (Å²) in [7, 11) is 0. The van der Waals surface area contributed by atoms with Crippen molar-refractivity contribution in [3.05, 3.63) is 17.8 Å². The third-order valence-electron chi connectivity index (χ3n) is 4.26. The van der Waals surface area contributed by atoms with E-state index in [1.54, 1.807) is 0 Å². The molecular formula is C14H19N5O2. The molecule has 0 bridgehead atoms. The third-order valence-corrected chi connectivity index (χ3v) is 4.26. The molecule has 2 saturated heterocycles. The Morgan fingerprint density at radius 1 is 1.19 bits per heavy atom. The van der Waals surface area contributed by atoms with Gasteiger partial charge in [0.1, 0.15) is 0 Å². The van der Waals surface area contributed by atoms with Crippen LogP contribution in [0.4, 0.5) is 5.82 Å². The Balaban J connectivity index is 1.80. The number of imide groups is 1. The number of piperazine rings is 1. The summed E-state index contributed by atoms with van der Waals surface area (Å²) in [5.41, 5.74) is -0.158. The van der Waals surface area contributed by atoms with Crippen molar-refractivity contribution in [1.82, 2.24) is 20.8 Å². The first kappa shape index (κ1) is 13.9. The first-order chi connectivity index (χ1) is 10.1. The number of carbonyl (C=O) groups is 2. The number of piperidine rings is 1. The van der Waals surface area contributed by atoms with Crippen molar-refractivity contribution < 1.29 is 9.59 Å². The van der Waals surface area contributed by atoms with Crippen molar-refractivity contribution in [2.45, 2.75) is 25.2 Å². The van der Waals surface area contributed by atoms with Crippen molar-refractivity contribution in [2.24, 2.45) is 0 Å². The molecule has 7 heteroatoms. The van der Waals surface area contributed by atoms with E-state index in [2.05, 4.69) is 25.7 Å². The summed E-state index contributed by atoms with van der Waals surface area (Å²) in [4.78, 5) is 25.5. The van der Waals surface area contributed by atoms with Gasteiger partial charge >= 0.3 is 0 Å². The molecule has 3 rings (SSSR count). The Morgan fingerprint density at radius 2 is 1.95 bits per heavy atom. The van der Waals surface area contributed by atoms with Crippen LogP contribution in [0.1, 0.15) is 25.5 Å². The van der Waals surface area contributed by atoms with E-state index in [1.807, 2.05) is 19.1 Å². The largest absolute Gasteiger partial charge is 0.353 e. The number of amides is 2. The van der Waals surface area contributed by atoms with Crippen molar-refractivity contribution >= 4 is 17.6 Å². The maximum atomic E-state index is 12.1. The number of rotatable bonds is 2. The van der Waals surface area contributed by atoms with Crippen molar-refractivity contribution in [3.63, 3.8) is 0 Å². The zero-order valence-corrected chi connectivity index (χ0v) is 12.1. The molecule has 1 aromatic heterocycles. The molecule has 2 N–H and O–H groups in total. The average molecular weight is 289 g/mol. The van der Waals surface area contributed by atoms with E-state index in [-0.39, 0.29) is 11.8 Å². The fourth-order valence-corrected chi connectivity index (χ4v) is 2.73. The minimum Gasteiger partial charge on any atom is -0.353 e. The Kier molecular flexibility index (Phi) is 3.59. The summed E-state index contributed by atoms with van der Waals surface area (Å²) >= 11 is 0. The average Bonchev–Trinajstić information content (AvgIpc) is 2.52. The summed E-state index contributed by atoms with van der Waals surface area (Å²) in [5, 5.41) is 14.2. The summed E-state index contributed by atoms with van der Waals surface area (Å²) in [5.74, 6) is 0.321. The van der Waals surface area contributed by atoms with Crippen LogP contribution >= 0.6 is 0 Å². The standard InChI is InChI=1S/C14H19N5O2/c1-14(5-4-12(20)16-13(14)21)10-2-3-11(18-17-10)19-8-6-15-7-9-19/h2-3,15H,4-9H2,1H3,(H,16,20,21)/t14-/m1/s1. The molecule has 0 spiro atoms. The van der Waals surface area contributed by atoms with Gasteiger partial charge in [-0.1, -0.05) is 0 Å². The molecule has 3 heterocycles. The summed E-state index contributed by atoms with van der Waals surface area (Å²) < 4.78 is 0. The molecule has 2 aliphatic rings. The zero-order chi connectivity index (χ0) is 14.9. The molecule has 0 aromatic carbocycles. The molecule has 2 amide bonds. The predicted molar refractivity (Wildman–Crippen MR) is 76.9 cm³/mol. The topological polar surface area (TPSA) is 87.2 Å². The minimum atomic E-state index is -0.775. The van der Waals surface area contributed by atoms with Gasteiger partial charge in [-0.05, 0) is 25.5 Å². The quantitative estimate of drug-likeness (QED) is 0.719. The van der Waals surface area contributed by atoms with Gasteiger partial charge in [0, 0.05) is 32.6 Å². The summed E-state index contributed by atoms with van der Waals surface area (Å²) in [6.07, 6.45) is 0.808. The molecule has 0 saturated carbocycles. The molecule has 7 nitrogen and oxygen atoms in total. The summed E-state index contributed by atoms with van der Waals surface area (Å²) in [6.45, 7) is 5.49. The van der Waals surface area contributed by atoms with Crippen molar-refractivity contribution in [3.8, 4) is 0 Å². The highest BCUT2D eigenvalue weighted by Gasteiger charge is 2.41. The lowest BCUT2D eigenvalue weighted by atomic mass is 9.78. The summed E-state index contributed by atoms with van der Waals surface area (Å²) in [6, 6.07) is 3.75. The van der Waals surface area contributed by atoms with E-state index in [1.165, 1.54) is 0 Å². The van der Waals surface area contributed by atoms with Crippen LogP contribution in [-0.4, -0.2) is 48.2 Å². The van der Waals surface area contributed by atoms with Gasteiger partial charge in [0.2, 0.25) is 11.8 Å². The smallest absolute Gasteiger partial charge is 0.238 e. The lowest BCUT2D eigenvalue weighted by molar-refractivity contribution is -0.137. The van der Waals surface area contributed by atoms with Crippen LogP contribution in [0.2, 0.25) is 0 Å². The maximum Gasteiger partial charge on any atom is 0.238 e. The fraction of sp³-hybridized carbons (Fsp3) is 0.571. The SMILES string of the molecule is C[C@]1(c2ccc(N3CCNCC3)nn2)CCC(=O)NC1=O. The van der Waals surface area contributed by atoms with Crippen molar-refractivity contribution in [2.75, 3.05) is 31.1 Å². The number of carbonyl (C=O) groups excluding carboxylic acids is 2. The van der Waals surface area contributed by atoms with E-state index in [4.69, 9.17) is 0 Å². The van der Waals surface area contributed by atoms with Crippen LogP contribution in [0.5, 0.6) is 0 Å². The first-order valence-electron chi connectivity index (χ1n) is 7.24. The molecule has 0 radical (unpaired) electrons. The fourth-order valence-electron chi connectivity index (χ4n) is 2.73. The highest BCUT2D eigenvalue weighted by atomic mass is 16.2. The third kappa shape index (κ3) is 2.61. The highest BCUT2D eigenvalue weighted by molar-refractivity contribution is 6.02. The van der Waals surface area contributed by atoms with Crippen LogP contribution in [0.3, 0.4) is 0 Å². The van der Waals surface area contributed by atoms with Gasteiger partial charge in [0.25, 0.3) is 0 Å². The van der Waals surface area contributed by atoms with Crippen LogP contribution in [0, 0.1) is 0 Å². The van der Waals surface area contributed by atoms with Crippen LogP contribution in [0.15, 0.2) is 12.1 Å². The van der Waals surface area contributed by atoms with E-state index >= 15 is 0 Å². The number of anilines is 1. The first-order valence-corrected chi connectivity index (χ1v) is 7.24. The van der Waals surface area contributed by atoms with Gasteiger partial charge in [-0.2, -0.15) is 5.10 Å². The minimum absolute atomic E-state index is 0.220. The lowest BCUT2D eigenvalue weighted by Gasteiger charge is -2.31. The van der Waals surface area contributed by atoms with E-state index in [0.29, 0.717) is 18.5 Å². The van der Waals surface area contributed by atoms with Gasteiger partial charge < -0.3 is 10.2 Å². The molecule has 2 fully saturated rings. The number of hydrogen-bond donors (Lipinski definition) is 2. The van der Waals surface area contributed by atoms with E-state index in [0.717, 1.165) is 32.0 Å². The molecule has 0 aliphatic carbocycles. The van der Waals surface area contributed by atoms with Crippen molar-refractivity contribution in [1.29, 1.82) is 0 Å². The monoisotopic (exact) mass is 289 g/mol. The Bertz CT molecular complexity index is 553. The second kappa shape index (κ2) is 5.40. The molecular weight excluding hydrogens is 270 g/mol. The normalized spacial score (nSPS) is 26.6. The van der Waals surface area contributed by atoms with Gasteiger partial charge in [0.05, 0.1) is 11.1 Å². The molecule has 112 valence electrons. The maximum absolute atomic E-state index is 12.1. The van der Waals surface area contributed by atoms with Gasteiger partial charge in [-0.25, -0.2) is 0 Å². The highest BCUT2D eigenvalue weighted by Crippen LogP contribution is 2.30. The molecule has 2 aliphatic heterocycles. The number of nitrogens with one attached hydrogen (secondary N) is 2. The van der Waals surface area contributed by atoms with Crippen LogP contribution in [-0.2, 0) is 15.0 Å². The second-order valence-corrected chi connectivity index (χ2v) is 5.72. The number of aromatic nitrogens is 2. The Morgan fingerprint density at radius 3 is 2.57 bits per heavy atom. The van der Waals surface area contributed by atoms with E-state index < -0.39 is 5.41 Å². The second-order valence-electron chi connectivity index (χ2n) is 5.72. The molecule has 21 heavy (non-hydrogen) atoms. The predicted octanol–water partition coefficient (Wildman–Crippen LogP) is -0.419. The number of nitrogens with zero attached hydrogens (tertiary/aromatic N) is 3. The molecule has 0 unspecified atom stereocenters. The van der Waals surface area contributed by atoms with Crippen LogP contribution < -0.4 is 15.5 Å². The Labute approximate surface area is 123 Å².